The van der Waals surface area contributed by atoms with Crippen LogP contribution >= 0.6 is 15.9 Å². The second-order valence-corrected chi connectivity index (χ2v) is 6.95. The molecule has 1 aromatic carbocycles. The minimum Gasteiger partial charge on any atom is -0.311 e. The van der Waals surface area contributed by atoms with Crippen molar-refractivity contribution in [3.05, 3.63) is 34.1 Å². The molecule has 1 heterocycles. The van der Waals surface area contributed by atoms with Crippen LogP contribution in [0, 0.1) is 11.7 Å². The molecule has 1 N–H and O–H groups in total. The predicted octanol–water partition coefficient (Wildman–Crippen LogP) is 4.44. The number of rotatable bonds is 3. The largest absolute Gasteiger partial charge is 0.311 e. The minimum absolute atomic E-state index is 0.168. The Kier molecular flexibility index (Phi) is 3.95. The number of halogens is 2. The van der Waals surface area contributed by atoms with E-state index < -0.39 is 0 Å². The summed E-state index contributed by atoms with van der Waals surface area (Å²) >= 11 is 3.30. The summed E-state index contributed by atoms with van der Waals surface area (Å²) in [5, 5.41) is 3.83. The average molecular weight is 326 g/mol. The SMILES string of the molecule is Fc1ccc(CC2(C3CC3)CCCCCN2)cc1Br. The van der Waals surface area contributed by atoms with Gasteiger partial charge < -0.3 is 5.32 Å². The lowest BCUT2D eigenvalue weighted by molar-refractivity contribution is 0.271. The molecule has 1 aliphatic carbocycles. The predicted molar refractivity (Wildman–Crippen MR) is 79.7 cm³/mol. The van der Waals surface area contributed by atoms with Gasteiger partial charge in [-0.25, -0.2) is 4.39 Å². The van der Waals surface area contributed by atoms with Crippen molar-refractivity contribution in [2.75, 3.05) is 6.54 Å². The highest BCUT2D eigenvalue weighted by Gasteiger charge is 2.44. The highest BCUT2D eigenvalue weighted by molar-refractivity contribution is 9.10. The van der Waals surface area contributed by atoms with Gasteiger partial charge >= 0.3 is 0 Å². The molecule has 1 saturated heterocycles. The van der Waals surface area contributed by atoms with Crippen molar-refractivity contribution in [2.24, 2.45) is 5.92 Å². The smallest absolute Gasteiger partial charge is 0.137 e. The first-order chi connectivity index (χ1) is 9.20. The lowest BCUT2D eigenvalue weighted by Gasteiger charge is -2.34. The number of benzene rings is 1. The first kappa shape index (κ1) is 13.6. The molecule has 2 fully saturated rings. The molecule has 0 radical (unpaired) electrons. The van der Waals surface area contributed by atoms with Crippen LogP contribution in [0.4, 0.5) is 4.39 Å². The molecular formula is C16H21BrFN. The van der Waals surface area contributed by atoms with E-state index in [0.29, 0.717) is 4.47 Å². The van der Waals surface area contributed by atoms with Crippen LogP contribution in [-0.4, -0.2) is 12.1 Å². The Balaban J connectivity index is 1.82. The lowest BCUT2D eigenvalue weighted by Crippen LogP contribution is -2.48. The number of hydrogen-bond donors (Lipinski definition) is 1. The van der Waals surface area contributed by atoms with Gasteiger partial charge in [0, 0.05) is 5.54 Å². The highest BCUT2D eigenvalue weighted by atomic mass is 79.9. The maximum atomic E-state index is 13.3. The van der Waals surface area contributed by atoms with Crippen LogP contribution in [0.15, 0.2) is 22.7 Å². The van der Waals surface area contributed by atoms with E-state index in [1.54, 1.807) is 6.07 Å². The van der Waals surface area contributed by atoms with Crippen LogP contribution in [0.2, 0.25) is 0 Å². The Bertz CT molecular complexity index is 448. The van der Waals surface area contributed by atoms with Crippen molar-refractivity contribution in [2.45, 2.75) is 50.5 Å². The Hall–Kier alpha value is -0.410. The highest BCUT2D eigenvalue weighted by Crippen LogP contribution is 2.45. The minimum atomic E-state index is -0.168. The Morgan fingerprint density at radius 2 is 2.11 bits per heavy atom. The van der Waals surface area contributed by atoms with Crippen LogP contribution in [-0.2, 0) is 6.42 Å². The summed E-state index contributed by atoms with van der Waals surface area (Å²) in [4.78, 5) is 0. The summed E-state index contributed by atoms with van der Waals surface area (Å²) in [5.41, 5.74) is 1.52. The fourth-order valence-corrected chi connectivity index (χ4v) is 3.89. The summed E-state index contributed by atoms with van der Waals surface area (Å²) in [6.07, 6.45) is 8.98. The van der Waals surface area contributed by atoms with E-state index in [1.165, 1.54) is 44.1 Å². The lowest BCUT2D eigenvalue weighted by atomic mass is 9.82. The first-order valence-electron chi connectivity index (χ1n) is 7.39. The van der Waals surface area contributed by atoms with Gasteiger partial charge in [-0.05, 0) is 78.2 Å². The molecule has 1 nitrogen and oxygen atoms in total. The van der Waals surface area contributed by atoms with Crippen molar-refractivity contribution in [3.63, 3.8) is 0 Å². The van der Waals surface area contributed by atoms with Gasteiger partial charge in [0.1, 0.15) is 5.82 Å². The van der Waals surface area contributed by atoms with Gasteiger partial charge in [0.15, 0.2) is 0 Å². The topological polar surface area (TPSA) is 12.0 Å². The van der Waals surface area contributed by atoms with Gasteiger partial charge in [0.05, 0.1) is 4.47 Å². The van der Waals surface area contributed by atoms with Gasteiger partial charge in [0.2, 0.25) is 0 Å². The summed E-state index contributed by atoms with van der Waals surface area (Å²) in [6.45, 7) is 1.14. The van der Waals surface area contributed by atoms with Gasteiger partial charge in [-0.2, -0.15) is 0 Å². The summed E-state index contributed by atoms with van der Waals surface area (Å²) in [6, 6.07) is 5.47. The van der Waals surface area contributed by atoms with Crippen LogP contribution in [0.25, 0.3) is 0 Å². The Morgan fingerprint density at radius 3 is 2.84 bits per heavy atom. The van der Waals surface area contributed by atoms with E-state index in [2.05, 4.69) is 21.2 Å². The monoisotopic (exact) mass is 325 g/mol. The fourth-order valence-electron chi connectivity index (χ4n) is 3.46. The van der Waals surface area contributed by atoms with E-state index >= 15 is 0 Å². The zero-order valence-corrected chi connectivity index (χ0v) is 12.8. The summed E-state index contributed by atoms with van der Waals surface area (Å²) in [7, 11) is 0. The van der Waals surface area contributed by atoms with E-state index in [0.717, 1.165) is 18.9 Å². The zero-order chi connectivity index (χ0) is 13.3. The molecule has 0 bridgehead atoms. The van der Waals surface area contributed by atoms with E-state index in [1.807, 2.05) is 12.1 Å². The van der Waals surface area contributed by atoms with Crippen molar-refractivity contribution < 1.29 is 4.39 Å². The standard InChI is InChI=1S/C16H21BrFN/c17-14-10-12(4-7-15(14)18)11-16(13-5-6-13)8-2-1-3-9-19-16/h4,7,10,13,19H,1-3,5-6,8-9,11H2. The molecule has 3 rings (SSSR count). The van der Waals surface area contributed by atoms with E-state index in [9.17, 15) is 4.39 Å². The molecule has 3 heteroatoms. The van der Waals surface area contributed by atoms with Crippen LogP contribution in [0.3, 0.4) is 0 Å². The molecule has 1 unspecified atom stereocenters. The molecule has 1 atom stereocenters. The Labute approximate surface area is 123 Å². The molecule has 104 valence electrons. The van der Waals surface area contributed by atoms with Crippen LogP contribution < -0.4 is 5.32 Å². The normalized spacial score (nSPS) is 28.1. The van der Waals surface area contributed by atoms with E-state index in [4.69, 9.17) is 0 Å². The van der Waals surface area contributed by atoms with Crippen LogP contribution in [0.5, 0.6) is 0 Å². The maximum Gasteiger partial charge on any atom is 0.137 e. The molecule has 1 saturated carbocycles. The maximum absolute atomic E-state index is 13.3. The average Bonchev–Trinajstić information content (AvgIpc) is 3.21. The molecular weight excluding hydrogens is 305 g/mol. The molecule has 0 amide bonds. The molecule has 0 spiro atoms. The quantitative estimate of drug-likeness (QED) is 0.866. The Morgan fingerprint density at radius 1 is 1.26 bits per heavy atom. The zero-order valence-electron chi connectivity index (χ0n) is 11.2. The molecule has 19 heavy (non-hydrogen) atoms. The molecule has 2 aliphatic rings. The second kappa shape index (κ2) is 5.53. The van der Waals surface area contributed by atoms with Gasteiger partial charge in [-0.3, -0.25) is 0 Å². The third kappa shape index (κ3) is 3.03. The number of hydrogen-bond acceptors (Lipinski definition) is 1. The second-order valence-electron chi connectivity index (χ2n) is 6.09. The first-order valence-corrected chi connectivity index (χ1v) is 8.18. The van der Waals surface area contributed by atoms with E-state index in [-0.39, 0.29) is 11.4 Å². The molecule has 0 aromatic heterocycles. The van der Waals surface area contributed by atoms with Gasteiger partial charge in [0.25, 0.3) is 0 Å². The van der Waals surface area contributed by atoms with Gasteiger partial charge in [-0.1, -0.05) is 18.9 Å². The molecule has 1 aliphatic heterocycles. The third-order valence-corrected chi connectivity index (χ3v) is 5.25. The van der Waals surface area contributed by atoms with Crippen LogP contribution in [0.1, 0.15) is 44.1 Å². The van der Waals surface area contributed by atoms with Crippen molar-refractivity contribution in [1.29, 1.82) is 0 Å². The molecule has 1 aromatic rings. The summed E-state index contributed by atoms with van der Waals surface area (Å²) < 4.78 is 13.9. The fraction of sp³-hybridized carbons (Fsp3) is 0.625. The van der Waals surface area contributed by atoms with Crippen molar-refractivity contribution in [3.8, 4) is 0 Å². The summed E-state index contributed by atoms with van der Waals surface area (Å²) in [5.74, 6) is 0.660. The number of nitrogens with one attached hydrogen (secondary N) is 1. The van der Waals surface area contributed by atoms with Crippen molar-refractivity contribution in [1.82, 2.24) is 5.32 Å². The third-order valence-electron chi connectivity index (χ3n) is 4.64. The van der Waals surface area contributed by atoms with Gasteiger partial charge in [-0.15, -0.1) is 0 Å². The van der Waals surface area contributed by atoms with Crippen molar-refractivity contribution >= 4 is 15.9 Å².